The Kier molecular flexibility index (Phi) is 6.51. The molecule has 3 rings (SSSR count). The van der Waals surface area contributed by atoms with E-state index in [2.05, 4.69) is 4.98 Å². The molecular formula is C23H24N2O5. The molecule has 0 radical (unpaired) electrons. The Hall–Kier alpha value is -3.61. The van der Waals surface area contributed by atoms with Crippen LogP contribution in [0.3, 0.4) is 0 Å². The summed E-state index contributed by atoms with van der Waals surface area (Å²) in [6.45, 7) is 3.83. The minimum atomic E-state index is -0.471. The van der Waals surface area contributed by atoms with Crippen LogP contribution < -0.4 is 4.74 Å². The first-order valence-corrected chi connectivity index (χ1v) is 9.49. The summed E-state index contributed by atoms with van der Waals surface area (Å²) in [5.41, 5.74) is 1.82. The second-order valence-electron chi connectivity index (χ2n) is 6.89. The number of methoxy groups -OCH3 is 1. The van der Waals surface area contributed by atoms with Gasteiger partial charge >= 0.3 is 5.97 Å². The van der Waals surface area contributed by atoms with Crippen molar-refractivity contribution in [3.8, 4) is 5.88 Å². The Morgan fingerprint density at radius 3 is 2.53 bits per heavy atom. The lowest BCUT2D eigenvalue weighted by atomic mass is 10.1. The van der Waals surface area contributed by atoms with E-state index in [1.54, 1.807) is 32.2 Å². The molecule has 0 saturated heterocycles. The van der Waals surface area contributed by atoms with Gasteiger partial charge in [-0.1, -0.05) is 30.3 Å². The van der Waals surface area contributed by atoms with Crippen LogP contribution in [0.15, 0.2) is 59.1 Å². The van der Waals surface area contributed by atoms with Gasteiger partial charge in [-0.05, 0) is 31.5 Å². The van der Waals surface area contributed by atoms with Crippen molar-refractivity contribution in [3.05, 3.63) is 82.9 Å². The highest BCUT2D eigenvalue weighted by atomic mass is 16.5. The van der Waals surface area contributed by atoms with Gasteiger partial charge in [-0.15, -0.1) is 0 Å². The highest BCUT2D eigenvalue weighted by molar-refractivity contribution is 5.94. The van der Waals surface area contributed by atoms with E-state index >= 15 is 0 Å². The molecule has 0 aliphatic rings. The molecule has 0 N–H and O–H groups in total. The quantitative estimate of drug-likeness (QED) is 0.546. The highest BCUT2D eigenvalue weighted by Gasteiger charge is 2.19. The standard InChI is InChI=1S/C23H24N2O5/c1-15(17-8-6-5-7-9-17)30-21-11-10-18(13-24-21)22(26)25(3)14-19-12-20(16(2)29-19)23(27)28-4/h5-13,15H,14H2,1-4H3/t15-/m1/s1. The molecule has 156 valence electrons. The molecule has 0 bridgehead atoms. The van der Waals surface area contributed by atoms with Crippen molar-refractivity contribution >= 4 is 11.9 Å². The molecule has 1 amide bonds. The number of aryl methyl sites for hydroxylation is 1. The van der Waals surface area contributed by atoms with E-state index in [-0.39, 0.29) is 18.6 Å². The summed E-state index contributed by atoms with van der Waals surface area (Å²) < 4.78 is 16.1. The molecule has 0 spiro atoms. The van der Waals surface area contributed by atoms with Crippen molar-refractivity contribution in [2.45, 2.75) is 26.5 Å². The van der Waals surface area contributed by atoms with Crippen LogP contribution in [-0.2, 0) is 11.3 Å². The van der Waals surface area contributed by atoms with Crippen molar-refractivity contribution in [1.82, 2.24) is 9.88 Å². The summed E-state index contributed by atoms with van der Waals surface area (Å²) in [5, 5.41) is 0. The van der Waals surface area contributed by atoms with Crippen LogP contribution >= 0.6 is 0 Å². The highest BCUT2D eigenvalue weighted by Crippen LogP contribution is 2.21. The van der Waals surface area contributed by atoms with Crippen LogP contribution in [0.5, 0.6) is 5.88 Å². The number of carbonyl (C=O) groups is 2. The van der Waals surface area contributed by atoms with Crippen LogP contribution in [0.1, 0.15) is 50.8 Å². The Morgan fingerprint density at radius 1 is 1.17 bits per heavy atom. The van der Waals surface area contributed by atoms with Crippen LogP contribution in [-0.4, -0.2) is 35.9 Å². The third kappa shape index (κ3) is 4.86. The van der Waals surface area contributed by atoms with Crippen molar-refractivity contribution in [2.75, 3.05) is 14.2 Å². The molecule has 2 aromatic heterocycles. The molecule has 7 nitrogen and oxygen atoms in total. The smallest absolute Gasteiger partial charge is 0.341 e. The lowest BCUT2D eigenvalue weighted by Crippen LogP contribution is -2.26. The summed E-state index contributed by atoms with van der Waals surface area (Å²) in [4.78, 5) is 30.1. The van der Waals surface area contributed by atoms with E-state index in [1.807, 2.05) is 37.3 Å². The van der Waals surface area contributed by atoms with Gasteiger partial charge in [0.1, 0.15) is 23.2 Å². The second-order valence-corrected chi connectivity index (χ2v) is 6.89. The van der Waals surface area contributed by atoms with Gasteiger partial charge in [-0.25, -0.2) is 9.78 Å². The molecule has 1 atom stereocenters. The maximum Gasteiger partial charge on any atom is 0.341 e. The predicted octanol–water partition coefficient (Wildman–Crippen LogP) is 4.18. The molecule has 30 heavy (non-hydrogen) atoms. The third-order valence-corrected chi connectivity index (χ3v) is 4.66. The monoisotopic (exact) mass is 408 g/mol. The molecule has 0 aliphatic carbocycles. The SMILES string of the molecule is COC(=O)c1cc(CN(C)C(=O)c2ccc(O[C@H](C)c3ccccc3)nc2)oc1C. The van der Waals surface area contributed by atoms with Crippen molar-refractivity contribution in [3.63, 3.8) is 0 Å². The largest absolute Gasteiger partial charge is 0.470 e. The van der Waals surface area contributed by atoms with Crippen LogP contribution in [0, 0.1) is 6.92 Å². The number of furan rings is 1. The first kappa shape index (κ1) is 21.1. The molecule has 1 aromatic carbocycles. The van der Waals surface area contributed by atoms with Gasteiger partial charge in [0.2, 0.25) is 5.88 Å². The van der Waals surface area contributed by atoms with E-state index in [4.69, 9.17) is 13.9 Å². The van der Waals surface area contributed by atoms with Gasteiger partial charge in [0.05, 0.1) is 19.2 Å². The Labute approximate surface area is 175 Å². The lowest BCUT2D eigenvalue weighted by molar-refractivity contribution is 0.0598. The maximum absolute atomic E-state index is 12.7. The van der Waals surface area contributed by atoms with Gasteiger partial charge in [0, 0.05) is 19.3 Å². The number of carbonyl (C=O) groups excluding carboxylic acids is 2. The second kappa shape index (κ2) is 9.26. The predicted molar refractivity (Wildman–Crippen MR) is 110 cm³/mol. The molecule has 0 fully saturated rings. The topological polar surface area (TPSA) is 81.9 Å². The fraction of sp³-hybridized carbons (Fsp3) is 0.261. The zero-order valence-electron chi connectivity index (χ0n) is 17.4. The number of hydrogen-bond donors (Lipinski definition) is 0. The Balaban J connectivity index is 1.63. The zero-order chi connectivity index (χ0) is 21.7. The molecule has 0 aliphatic heterocycles. The number of pyridine rings is 1. The first-order valence-electron chi connectivity index (χ1n) is 9.49. The number of aromatic nitrogens is 1. The van der Waals surface area contributed by atoms with Crippen molar-refractivity contribution in [2.24, 2.45) is 0 Å². The minimum absolute atomic E-state index is 0.158. The zero-order valence-corrected chi connectivity index (χ0v) is 17.4. The summed E-state index contributed by atoms with van der Waals surface area (Å²) in [5.74, 6) is 0.691. The number of nitrogens with zero attached hydrogens (tertiary/aromatic N) is 2. The third-order valence-electron chi connectivity index (χ3n) is 4.66. The number of rotatable bonds is 7. The van der Waals surface area contributed by atoms with E-state index in [0.717, 1.165) is 5.56 Å². The van der Waals surface area contributed by atoms with Crippen molar-refractivity contribution < 1.29 is 23.5 Å². The molecule has 0 unspecified atom stereocenters. The first-order chi connectivity index (χ1) is 14.4. The minimum Gasteiger partial charge on any atom is -0.470 e. The summed E-state index contributed by atoms with van der Waals surface area (Å²) in [6, 6.07) is 14.8. The summed E-state index contributed by atoms with van der Waals surface area (Å²) in [7, 11) is 2.96. The van der Waals surface area contributed by atoms with Crippen LogP contribution in [0.2, 0.25) is 0 Å². The average molecular weight is 408 g/mol. The Morgan fingerprint density at radius 2 is 1.90 bits per heavy atom. The maximum atomic E-state index is 12.7. The molecule has 0 saturated carbocycles. The van der Waals surface area contributed by atoms with Gasteiger partial charge in [-0.3, -0.25) is 4.79 Å². The fourth-order valence-corrected chi connectivity index (χ4v) is 3.01. The number of benzene rings is 1. The van der Waals surface area contributed by atoms with Crippen LogP contribution in [0.4, 0.5) is 0 Å². The summed E-state index contributed by atoms with van der Waals surface area (Å²) in [6.07, 6.45) is 1.33. The van der Waals surface area contributed by atoms with E-state index in [1.165, 1.54) is 18.2 Å². The Bertz CT molecular complexity index is 1010. The van der Waals surface area contributed by atoms with Gasteiger partial charge in [0.25, 0.3) is 5.91 Å². The fourth-order valence-electron chi connectivity index (χ4n) is 3.01. The molecule has 3 aromatic rings. The van der Waals surface area contributed by atoms with E-state index < -0.39 is 5.97 Å². The normalized spacial score (nSPS) is 11.6. The van der Waals surface area contributed by atoms with Gasteiger partial charge in [-0.2, -0.15) is 0 Å². The number of hydrogen-bond acceptors (Lipinski definition) is 6. The van der Waals surface area contributed by atoms with Crippen LogP contribution in [0.25, 0.3) is 0 Å². The number of amides is 1. The van der Waals surface area contributed by atoms with E-state index in [9.17, 15) is 9.59 Å². The molecule has 7 heteroatoms. The molecular weight excluding hydrogens is 384 g/mol. The summed E-state index contributed by atoms with van der Waals surface area (Å²) >= 11 is 0. The van der Waals surface area contributed by atoms with Gasteiger partial charge < -0.3 is 18.8 Å². The van der Waals surface area contributed by atoms with Crippen molar-refractivity contribution in [1.29, 1.82) is 0 Å². The lowest BCUT2D eigenvalue weighted by Gasteiger charge is -2.17. The van der Waals surface area contributed by atoms with E-state index in [0.29, 0.717) is 28.5 Å². The number of esters is 1. The van der Waals surface area contributed by atoms with Gasteiger partial charge in [0.15, 0.2) is 0 Å². The number of ether oxygens (including phenoxy) is 2. The average Bonchev–Trinajstić information content (AvgIpc) is 3.13. The molecule has 2 heterocycles.